The van der Waals surface area contributed by atoms with E-state index >= 15 is 0 Å². The van der Waals surface area contributed by atoms with Crippen molar-refractivity contribution in [2.24, 2.45) is 0 Å². The monoisotopic (exact) mass is 429 g/mol. The number of nitrogen functional groups attached to an aromatic ring is 1. The Balaban J connectivity index is 1.74. The minimum absolute atomic E-state index is 0.193. The number of rotatable bonds is 11. The Bertz CT molecular complexity index is 930. The lowest BCUT2D eigenvalue weighted by atomic mass is 10.1. The molecule has 0 aliphatic rings. The van der Waals surface area contributed by atoms with Crippen LogP contribution in [0.15, 0.2) is 54.8 Å². The number of hydrogen-bond acceptors (Lipinski definition) is 9. The lowest BCUT2D eigenvalue weighted by Crippen LogP contribution is -2.14. The summed E-state index contributed by atoms with van der Waals surface area (Å²) in [7, 11) is 0. The lowest BCUT2D eigenvalue weighted by Gasteiger charge is -2.08. The molecule has 0 radical (unpaired) electrons. The molecule has 7 N–H and O–H groups in total. The predicted molar refractivity (Wildman–Crippen MR) is 111 cm³/mol. The van der Waals surface area contributed by atoms with Gasteiger partial charge in [0.15, 0.2) is 0 Å². The highest BCUT2D eigenvalue weighted by molar-refractivity contribution is 5.90. The van der Waals surface area contributed by atoms with Crippen LogP contribution in [0.1, 0.15) is 16.7 Å². The zero-order valence-corrected chi connectivity index (χ0v) is 16.4. The molecule has 2 aromatic rings. The summed E-state index contributed by atoms with van der Waals surface area (Å²) in [4.78, 5) is 36.1. The van der Waals surface area contributed by atoms with Crippen LogP contribution in [-0.2, 0) is 32.3 Å². The van der Waals surface area contributed by atoms with Gasteiger partial charge < -0.3 is 5.73 Å². The second-order valence-electron chi connectivity index (χ2n) is 6.16. The van der Waals surface area contributed by atoms with Crippen molar-refractivity contribution >= 4 is 29.4 Å². The number of benzene rings is 1. The van der Waals surface area contributed by atoms with Crippen molar-refractivity contribution in [3.8, 4) is 0 Å². The quantitative estimate of drug-likeness (QED) is 0.101. The average molecular weight is 429 g/mol. The molecule has 2 amide bonds. The molecule has 1 heterocycles. The van der Waals surface area contributed by atoms with Crippen molar-refractivity contribution < 1.29 is 29.9 Å². The Labute approximate surface area is 178 Å². The molecular weight excluding hydrogens is 406 g/mol. The van der Waals surface area contributed by atoms with Crippen molar-refractivity contribution in [2.45, 2.75) is 12.8 Å². The second-order valence-corrected chi connectivity index (χ2v) is 6.16. The molecule has 0 aliphatic carbocycles. The van der Waals surface area contributed by atoms with Gasteiger partial charge in [0.05, 0.1) is 12.3 Å². The van der Waals surface area contributed by atoms with Gasteiger partial charge >= 0.3 is 0 Å². The largest absolute Gasteiger partial charge is 0.383 e. The first-order valence-electron chi connectivity index (χ1n) is 9.12. The van der Waals surface area contributed by atoms with Crippen LogP contribution in [0, 0.1) is 0 Å². The van der Waals surface area contributed by atoms with E-state index in [9.17, 15) is 9.59 Å². The van der Waals surface area contributed by atoms with E-state index in [0.717, 1.165) is 11.6 Å². The summed E-state index contributed by atoms with van der Waals surface area (Å²) in [6.07, 6.45) is 7.96. The fourth-order valence-corrected chi connectivity index (χ4v) is 2.36. The molecule has 1 aromatic heterocycles. The summed E-state index contributed by atoms with van der Waals surface area (Å²) in [6.45, 7) is 0.193. The Morgan fingerprint density at radius 1 is 1.10 bits per heavy atom. The van der Waals surface area contributed by atoms with Crippen LogP contribution in [0.25, 0.3) is 6.08 Å². The van der Waals surface area contributed by atoms with Crippen LogP contribution >= 0.6 is 0 Å². The molecular formula is C20H23N5O6. The van der Waals surface area contributed by atoms with Crippen LogP contribution < -0.4 is 22.2 Å². The molecule has 0 fully saturated rings. The summed E-state index contributed by atoms with van der Waals surface area (Å²) in [5.41, 5.74) is 14.5. The van der Waals surface area contributed by atoms with Crippen LogP contribution in [0.3, 0.4) is 0 Å². The first kappa shape index (κ1) is 23.5. The molecule has 31 heavy (non-hydrogen) atoms. The van der Waals surface area contributed by atoms with Crippen LogP contribution in [0.4, 0.5) is 11.5 Å². The van der Waals surface area contributed by atoms with Gasteiger partial charge in [-0.05, 0) is 47.4 Å². The lowest BCUT2D eigenvalue weighted by molar-refractivity contribution is -0.271. The molecule has 0 unspecified atom stereocenters. The molecule has 11 nitrogen and oxygen atoms in total. The first-order valence-corrected chi connectivity index (χ1v) is 9.12. The summed E-state index contributed by atoms with van der Waals surface area (Å²) in [5, 5.41) is 16.9. The van der Waals surface area contributed by atoms with E-state index in [-0.39, 0.29) is 6.61 Å². The van der Waals surface area contributed by atoms with Crippen LogP contribution in [0.5, 0.6) is 0 Å². The van der Waals surface area contributed by atoms with E-state index in [1.807, 2.05) is 12.1 Å². The van der Waals surface area contributed by atoms with E-state index < -0.39 is 11.8 Å². The molecule has 0 saturated heterocycles. The highest BCUT2D eigenvalue weighted by Crippen LogP contribution is 2.14. The summed E-state index contributed by atoms with van der Waals surface area (Å²) in [6, 6.07) is 8.99. The molecule has 11 heteroatoms. The third-order valence-electron chi connectivity index (χ3n) is 3.92. The summed E-state index contributed by atoms with van der Waals surface area (Å²) in [5.74, 6) is -0.903. The van der Waals surface area contributed by atoms with Gasteiger partial charge in [0.25, 0.3) is 11.8 Å². The Morgan fingerprint density at radius 2 is 1.81 bits per heavy atom. The molecule has 164 valence electrons. The van der Waals surface area contributed by atoms with Gasteiger partial charge in [-0.25, -0.2) is 26.3 Å². The van der Waals surface area contributed by atoms with Crippen molar-refractivity contribution in [3.05, 3.63) is 71.4 Å². The maximum Gasteiger partial charge on any atom is 0.267 e. The fraction of sp³-hybridized carbons (Fsp3) is 0.150. The Kier molecular flexibility index (Phi) is 9.65. The second kappa shape index (κ2) is 12.7. The topological polar surface area (TPSA) is 168 Å². The SMILES string of the molecule is Nc1ncc(/C=C/C(=O)NO)cc1CCOONc1ccc(C/C=C/C(=O)NO)cc1. The number of nitrogens with zero attached hydrogens (tertiary/aromatic N) is 1. The number of hydroxylamine groups is 2. The number of carbonyl (C=O) groups is 2. The van der Waals surface area contributed by atoms with Gasteiger partial charge in [-0.2, -0.15) is 0 Å². The maximum absolute atomic E-state index is 11.0. The van der Waals surface area contributed by atoms with Gasteiger partial charge in [0.2, 0.25) is 0 Å². The predicted octanol–water partition coefficient (Wildman–Crippen LogP) is 1.30. The minimum atomic E-state index is -0.653. The molecule has 2 rings (SSSR count). The van der Waals surface area contributed by atoms with Crippen molar-refractivity contribution in [3.63, 3.8) is 0 Å². The van der Waals surface area contributed by atoms with E-state index in [4.69, 9.17) is 26.0 Å². The van der Waals surface area contributed by atoms with Gasteiger partial charge in [-0.1, -0.05) is 18.2 Å². The number of nitrogens with one attached hydrogen (secondary N) is 3. The number of hydrogen-bond donors (Lipinski definition) is 6. The van der Waals surface area contributed by atoms with Crippen molar-refractivity contribution in [1.29, 1.82) is 0 Å². The number of aromatic nitrogens is 1. The zero-order valence-electron chi connectivity index (χ0n) is 16.4. The fourth-order valence-electron chi connectivity index (χ4n) is 2.36. The zero-order chi connectivity index (χ0) is 22.5. The standard InChI is InChI=1S/C20H23N5O6/c21-20-16(12-15(13-22-20)6-9-19(27)24-29)10-11-30-31-25-17-7-4-14(5-8-17)2-1-3-18(26)23-28/h1,3-9,12-13,25,28-29H,2,10-11H2,(H2,21,22)(H,23,26)(H,24,27)/b3-1+,9-6+. The average Bonchev–Trinajstić information content (AvgIpc) is 2.79. The van der Waals surface area contributed by atoms with Crippen LogP contribution in [0.2, 0.25) is 0 Å². The Morgan fingerprint density at radius 3 is 2.52 bits per heavy atom. The Hall–Kier alpha value is -3.77. The van der Waals surface area contributed by atoms with E-state index in [1.165, 1.54) is 29.3 Å². The van der Waals surface area contributed by atoms with Crippen molar-refractivity contribution in [1.82, 2.24) is 15.9 Å². The molecule has 0 bridgehead atoms. The normalized spacial score (nSPS) is 11.0. The molecule has 0 spiro atoms. The summed E-state index contributed by atoms with van der Waals surface area (Å²) >= 11 is 0. The third-order valence-corrected chi connectivity index (χ3v) is 3.92. The number of carbonyl (C=O) groups excluding carboxylic acids is 2. The number of pyridine rings is 1. The highest BCUT2D eigenvalue weighted by atomic mass is 17.3. The van der Waals surface area contributed by atoms with Gasteiger partial charge in [0, 0.05) is 24.8 Å². The van der Waals surface area contributed by atoms with Gasteiger partial charge in [-0.3, -0.25) is 20.0 Å². The van der Waals surface area contributed by atoms with Gasteiger partial charge in [-0.15, -0.1) is 4.99 Å². The van der Waals surface area contributed by atoms with Crippen LogP contribution in [-0.4, -0.2) is 33.8 Å². The smallest absolute Gasteiger partial charge is 0.267 e. The number of allylic oxidation sites excluding steroid dienone is 1. The molecule has 0 aliphatic heterocycles. The number of amides is 2. The number of anilines is 2. The van der Waals surface area contributed by atoms with E-state index in [2.05, 4.69) is 10.5 Å². The molecule has 0 atom stereocenters. The minimum Gasteiger partial charge on any atom is -0.383 e. The molecule has 1 aromatic carbocycles. The molecule has 0 saturated carbocycles. The van der Waals surface area contributed by atoms with E-state index in [0.29, 0.717) is 35.5 Å². The first-order chi connectivity index (χ1) is 15.0. The highest BCUT2D eigenvalue weighted by Gasteiger charge is 2.03. The van der Waals surface area contributed by atoms with Crippen molar-refractivity contribution in [2.75, 3.05) is 17.8 Å². The number of nitrogens with two attached hydrogens (primary N) is 1. The maximum atomic E-state index is 11.0. The third kappa shape index (κ3) is 8.64. The van der Waals surface area contributed by atoms with E-state index in [1.54, 1.807) is 24.3 Å². The summed E-state index contributed by atoms with van der Waals surface area (Å²) < 4.78 is 0. The van der Waals surface area contributed by atoms with Gasteiger partial charge in [0.1, 0.15) is 5.82 Å².